The Morgan fingerprint density at radius 3 is 2.00 bits per heavy atom. The standard InChI is InChI=1S/C18H35BrSi/c1-15(2)9-12-20-13-10-17(11-14-20)4-3-16-5-7-18(19)8-6-16/h15-18,20H,3-14H2,1-2H3/t16?,17-,18?,20-. The van der Waals surface area contributed by atoms with Crippen LogP contribution in [0.2, 0.25) is 18.1 Å². The first kappa shape index (κ1) is 17.1. The molecule has 2 fully saturated rings. The van der Waals surface area contributed by atoms with Gasteiger partial charge in [-0.15, -0.1) is 0 Å². The molecule has 118 valence electrons. The van der Waals surface area contributed by atoms with Gasteiger partial charge >= 0.3 is 0 Å². The molecule has 0 N–H and O–H groups in total. The highest BCUT2D eigenvalue weighted by Gasteiger charge is 2.24. The molecular formula is C18H35BrSi. The number of alkyl halides is 1. The van der Waals surface area contributed by atoms with E-state index in [2.05, 4.69) is 29.8 Å². The van der Waals surface area contributed by atoms with E-state index in [0.717, 1.165) is 22.6 Å². The molecule has 0 aromatic heterocycles. The van der Waals surface area contributed by atoms with Gasteiger partial charge in [0.1, 0.15) is 0 Å². The van der Waals surface area contributed by atoms with E-state index < -0.39 is 0 Å². The minimum atomic E-state index is -0.294. The predicted octanol–water partition coefficient (Wildman–Crippen LogP) is 6.40. The van der Waals surface area contributed by atoms with Crippen molar-refractivity contribution in [3.63, 3.8) is 0 Å². The predicted molar refractivity (Wildman–Crippen MR) is 97.7 cm³/mol. The summed E-state index contributed by atoms with van der Waals surface area (Å²) in [5, 5.41) is 0. The summed E-state index contributed by atoms with van der Waals surface area (Å²) in [4.78, 5) is 0.834. The zero-order valence-electron chi connectivity index (χ0n) is 13.7. The number of hydrogen-bond donors (Lipinski definition) is 0. The van der Waals surface area contributed by atoms with Gasteiger partial charge in [0.25, 0.3) is 0 Å². The lowest BCUT2D eigenvalue weighted by Crippen LogP contribution is -2.22. The van der Waals surface area contributed by atoms with Gasteiger partial charge in [-0.3, -0.25) is 0 Å². The third kappa shape index (κ3) is 6.21. The highest BCUT2D eigenvalue weighted by Crippen LogP contribution is 2.36. The monoisotopic (exact) mass is 358 g/mol. The molecule has 0 amide bonds. The van der Waals surface area contributed by atoms with E-state index >= 15 is 0 Å². The maximum atomic E-state index is 3.78. The lowest BCUT2D eigenvalue weighted by Gasteiger charge is -2.30. The van der Waals surface area contributed by atoms with Crippen LogP contribution in [0.5, 0.6) is 0 Å². The van der Waals surface area contributed by atoms with Crippen molar-refractivity contribution in [3.05, 3.63) is 0 Å². The van der Waals surface area contributed by atoms with E-state index in [0.29, 0.717) is 0 Å². The van der Waals surface area contributed by atoms with Crippen molar-refractivity contribution in [3.8, 4) is 0 Å². The van der Waals surface area contributed by atoms with Gasteiger partial charge in [0.15, 0.2) is 0 Å². The normalized spacial score (nSPS) is 35.4. The fraction of sp³-hybridized carbons (Fsp3) is 1.00. The Morgan fingerprint density at radius 1 is 0.900 bits per heavy atom. The minimum Gasteiger partial charge on any atom is -0.0891 e. The van der Waals surface area contributed by atoms with Crippen molar-refractivity contribution in [2.45, 2.75) is 94.6 Å². The molecule has 20 heavy (non-hydrogen) atoms. The lowest BCUT2D eigenvalue weighted by atomic mass is 9.83. The number of hydrogen-bond acceptors (Lipinski definition) is 0. The van der Waals surface area contributed by atoms with Gasteiger partial charge in [0.05, 0.1) is 0 Å². The smallest absolute Gasteiger partial charge is 0.0368 e. The van der Waals surface area contributed by atoms with E-state index in [-0.39, 0.29) is 8.80 Å². The van der Waals surface area contributed by atoms with Crippen LogP contribution in [0.3, 0.4) is 0 Å². The summed E-state index contributed by atoms with van der Waals surface area (Å²) in [7, 11) is -0.294. The molecule has 2 aliphatic rings. The molecular weight excluding hydrogens is 324 g/mol. The van der Waals surface area contributed by atoms with Crippen molar-refractivity contribution in [1.29, 1.82) is 0 Å². The number of rotatable bonds is 6. The summed E-state index contributed by atoms with van der Waals surface area (Å²) in [6.07, 6.45) is 13.7. The van der Waals surface area contributed by atoms with Crippen LogP contribution in [0.15, 0.2) is 0 Å². The van der Waals surface area contributed by atoms with Crippen LogP contribution in [0, 0.1) is 17.8 Å². The fourth-order valence-corrected chi connectivity index (χ4v) is 8.68. The minimum absolute atomic E-state index is 0.294. The highest BCUT2D eigenvalue weighted by molar-refractivity contribution is 9.09. The first-order chi connectivity index (χ1) is 9.63. The van der Waals surface area contributed by atoms with Gasteiger partial charge in [0, 0.05) is 13.6 Å². The third-order valence-electron chi connectivity index (χ3n) is 5.88. The Morgan fingerprint density at radius 2 is 1.45 bits per heavy atom. The number of halogens is 1. The highest BCUT2D eigenvalue weighted by atomic mass is 79.9. The Hall–Kier alpha value is 0.697. The molecule has 1 aliphatic carbocycles. The summed E-state index contributed by atoms with van der Waals surface area (Å²) in [6.45, 7) is 4.78. The van der Waals surface area contributed by atoms with E-state index in [1.807, 2.05) is 0 Å². The van der Waals surface area contributed by atoms with Crippen molar-refractivity contribution >= 4 is 24.7 Å². The average Bonchev–Trinajstić information content (AvgIpc) is 2.45. The van der Waals surface area contributed by atoms with Crippen molar-refractivity contribution < 1.29 is 0 Å². The summed E-state index contributed by atoms with van der Waals surface area (Å²) < 4.78 is 0. The molecule has 0 aromatic carbocycles. The van der Waals surface area contributed by atoms with E-state index in [4.69, 9.17) is 0 Å². The summed E-state index contributed by atoms with van der Waals surface area (Å²) >= 11 is 3.78. The topological polar surface area (TPSA) is 0 Å². The first-order valence-electron chi connectivity index (χ1n) is 9.27. The Kier molecular flexibility index (Phi) is 7.66. The van der Waals surface area contributed by atoms with Crippen molar-refractivity contribution in [2.75, 3.05) is 0 Å². The second-order valence-electron chi connectivity index (χ2n) is 8.05. The molecule has 1 saturated heterocycles. The molecule has 1 saturated carbocycles. The van der Waals surface area contributed by atoms with Gasteiger partial charge in [-0.05, 0) is 43.4 Å². The van der Waals surface area contributed by atoms with Crippen LogP contribution >= 0.6 is 15.9 Å². The van der Waals surface area contributed by atoms with Crippen LogP contribution in [0.1, 0.15) is 71.6 Å². The zero-order valence-corrected chi connectivity index (χ0v) is 16.5. The quantitative estimate of drug-likeness (QED) is 0.380. The van der Waals surface area contributed by atoms with Crippen LogP contribution in [-0.2, 0) is 0 Å². The van der Waals surface area contributed by atoms with Crippen LogP contribution in [-0.4, -0.2) is 13.6 Å². The van der Waals surface area contributed by atoms with Crippen LogP contribution in [0.4, 0.5) is 0 Å². The molecule has 0 nitrogen and oxygen atoms in total. The van der Waals surface area contributed by atoms with Gasteiger partial charge in [-0.1, -0.05) is 80.0 Å². The molecule has 2 heteroatoms. The van der Waals surface area contributed by atoms with E-state index in [1.54, 1.807) is 43.8 Å². The first-order valence-corrected chi connectivity index (χ1v) is 12.6. The largest absolute Gasteiger partial charge is 0.0891 e. The van der Waals surface area contributed by atoms with Crippen molar-refractivity contribution in [1.82, 2.24) is 0 Å². The van der Waals surface area contributed by atoms with Gasteiger partial charge in [-0.2, -0.15) is 0 Å². The Labute approximate surface area is 137 Å². The Balaban J connectivity index is 1.55. The molecule has 0 bridgehead atoms. The second-order valence-corrected chi connectivity index (χ2v) is 12.8. The fourth-order valence-electron chi connectivity index (χ4n) is 4.26. The lowest BCUT2D eigenvalue weighted by molar-refractivity contribution is 0.304. The molecule has 0 radical (unpaired) electrons. The van der Waals surface area contributed by atoms with Gasteiger partial charge in [0.2, 0.25) is 0 Å². The molecule has 0 aromatic rings. The maximum Gasteiger partial charge on any atom is 0.0368 e. The molecule has 2 rings (SSSR count). The third-order valence-corrected chi connectivity index (χ3v) is 10.2. The average molecular weight is 359 g/mol. The van der Waals surface area contributed by atoms with Crippen LogP contribution < -0.4 is 0 Å². The van der Waals surface area contributed by atoms with Crippen molar-refractivity contribution in [2.24, 2.45) is 17.8 Å². The molecule has 1 heterocycles. The van der Waals surface area contributed by atoms with Gasteiger partial charge in [-0.25, -0.2) is 0 Å². The summed E-state index contributed by atoms with van der Waals surface area (Å²) in [6, 6.07) is 4.98. The zero-order chi connectivity index (χ0) is 14.4. The summed E-state index contributed by atoms with van der Waals surface area (Å²) in [5.74, 6) is 3.11. The second kappa shape index (κ2) is 8.98. The summed E-state index contributed by atoms with van der Waals surface area (Å²) in [5.41, 5.74) is 0. The maximum absolute atomic E-state index is 3.78. The van der Waals surface area contributed by atoms with Gasteiger partial charge < -0.3 is 0 Å². The SMILES string of the molecule is CC(C)CC[Si@H]1CC[C@H](CCC2CCC(Br)CC2)CC1. The Bertz CT molecular complexity index is 250. The van der Waals surface area contributed by atoms with E-state index in [1.165, 1.54) is 32.1 Å². The van der Waals surface area contributed by atoms with Crippen LogP contribution in [0.25, 0.3) is 0 Å². The molecule has 0 unspecified atom stereocenters. The molecule has 1 aliphatic heterocycles. The molecule has 0 spiro atoms. The van der Waals surface area contributed by atoms with E-state index in [9.17, 15) is 0 Å². The molecule has 0 atom stereocenters.